The van der Waals surface area contributed by atoms with Crippen LogP contribution in [-0.4, -0.2) is 5.78 Å². The molecule has 0 radical (unpaired) electrons. The minimum absolute atomic E-state index is 0.116. The summed E-state index contributed by atoms with van der Waals surface area (Å²) in [6, 6.07) is 11.6. The van der Waals surface area contributed by atoms with Gasteiger partial charge in [-0.05, 0) is 61.4 Å². The predicted molar refractivity (Wildman–Crippen MR) is 98.0 cm³/mol. The van der Waals surface area contributed by atoms with Crippen molar-refractivity contribution in [1.29, 1.82) is 0 Å². The fourth-order valence-electron chi connectivity index (χ4n) is 3.01. The second kappa shape index (κ2) is 6.41. The maximum absolute atomic E-state index is 12.9. The second-order valence-electron chi connectivity index (χ2n) is 6.65. The molecule has 0 atom stereocenters. The summed E-state index contributed by atoms with van der Waals surface area (Å²) in [6.45, 7) is 3.84. The Labute approximate surface area is 159 Å². The lowest BCUT2D eigenvalue weighted by atomic mass is 10.0. The number of halogens is 3. The summed E-state index contributed by atoms with van der Waals surface area (Å²) >= 11 is 0. The van der Waals surface area contributed by atoms with Gasteiger partial charge in [0.25, 0.3) is 0 Å². The molecule has 2 aromatic carbocycles. The highest BCUT2D eigenvalue weighted by Crippen LogP contribution is 2.35. The molecule has 0 amide bonds. The maximum atomic E-state index is 12.9. The lowest BCUT2D eigenvalue weighted by Crippen LogP contribution is -2.04. The molecular formula is C22H15F3O3. The predicted octanol–water partition coefficient (Wildman–Crippen LogP) is 6.20. The van der Waals surface area contributed by atoms with Gasteiger partial charge in [-0.25, -0.2) is 0 Å². The molecule has 6 heteroatoms. The number of fused-ring (bicyclic) bond motifs is 1. The zero-order chi connectivity index (χ0) is 20.1. The van der Waals surface area contributed by atoms with Gasteiger partial charge in [0, 0.05) is 11.6 Å². The summed E-state index contributed by atoms with van der Waals surface area (Å²) in [7, 11) is 0. The van der Waals surface area contributed by atoms with Crippen LogP contribution in [-0.2, 0) is 6.18 Å². The number of benzene rings is 2. The van der Waals surface area contributed by atoms with E-state index in [0.717, 1.165) is 23.3 Å². The summed E-state index contributed by atoms with van der Waals surface area (Å²) in [5.74, 6) is 0.939. The Morgan fingerprint density at radius 1 is 0.964 bits per heavy atom. The van der Waals surface area contributed by atoms with Crippen LogP contribution in [0.4, 0.5) is 13.2 Å². The van der Waals surface area contributed by atoms with E-state index in [-0.39, 0.29) is 17.3 Å². The highest BCUT2D eigenvalue weighted by Gasteiger charge is 2.31. The van der Waals surface area contributed by atoms with Crippen LogP contribution >= 0.6 is 0 Å². The Morgan fingerprint density at radius 2 is 1.71 bits per heavy atom. The van der Waals surface area contributed by atoms with Crippen molar-refractivity contribution < 1.29 is 27.1 Å². The van der Waals surface area contributed by atoms with E-state index in [1.165, 1.54) is 18.2 Å². The summed E-state index contributed by atoms with van der Waals surface area (Å²) in [5, 5.41) is 0. The zero-order valence-corrected chi connectivity index (χ0v) is 15.1. The van der Waals surface area contributed by atoms with Gasteiger partial charge < -0.3 is 9.15 Å². The van der Waals surface area contributed by atoms with Crippen LogP contribution in [0.1, 0.15) is 32.8 Å². The third-order valence-electron chi connectivity index (χ3n) is 4.66. The van der Waals surface area contributed by atoms with Gasteiger partial charge in [-0.2, -0.15) is 13.2 Å². The quantitative estimate of drug-likeness (QED) is 0.494. The molecular weight excluding hydrogens is 369 g/mol. The van der Waals surface area contributed by atoms with Crippen LogP contribution in [0, 0.1) is 13.8 Å². The lowest BCUT2D eigenvalue weighted by molar-refractivity contribution is -0.137. The Balaban J connectivity index is 1.63. The Morgan fingerprint density at radius 3 is 2.46 bits per heavy atom. The molecule has 0 saturated heterocycles. The molecule has 4 rings (SSSR count). The summed E-state index contributed by atoms with van der Waals surface area (Å²) < 4.78 is 49.9. The number of hydrogen-bond donors (Lipinski definition) is 0. The fourth-order valence-corrected chi connectivity index (χ4v) is 3.01. The van der Waals surface area contributed by atoms with Gasteiger partial charge in [0.2, 0.25) is 5.78 Å². The smallest absolute Gasteiger partial charge is 0.416 e. The molecule has 3 nitrogen and oxygen atoms in total. The van der Waals surface area contributed by atoms with Crippen LogP contribution in [0.25, 0.3) is 17.4 Å². The number of hydrogen-bond acceptors (Lipinski definition) is 3. The number of rotatable bonds is 2. The number of carbonyl (C=O) groups is 1. The van der Waals surface area contributed by atoms with Crippen molar-refractivity contribution in [3.63, 3.8) is 0 Å². The summed E-state index contributed by atoms with van der Waals surface area (Å²) in [6.07, 6.45) is -2.98. The van der Waals surface area contributed by atoms with Crippen LogP contribution < -0.4 is 4.74 Å². The first-order valence-corrected chi connectivity index (χ1v) is 8.55. The minimum atomic E-state index is -4.43. The van der Waals surface area contributed by atoms with E-state index in [9.17, 15) is 18.0 Å². The molecule has 1 aromatic heterocycles. The number of Topliss-reactive ketones (excluding diaryl/α,β-unsaturated/α-hetero) is 1. The zero-order valence-electron chi connectivity index (χ0n) is 15.1. The van der Waals surface area contributed by atoms with Crippen LogP contribution in [0.15, 0.2) is 58.7 Å². The van der Waals surface area contributed by atoms with Gasteiger partial charge in [-0.1, -0.05) is 12.1 Å². The maximum Gasteiger partial charge on any atom is 0.416 e. The fraction of sp³-hybridized carbons (Fsp3) is 0.136. The Bertz CT molecular complexity index is 1120. The van der Waals surface area contributed by atoms with E-state index >= 15 is 0 Å². The van der Waals surface area contributed by atoms with Gasteiger partial charge >= 0.3 is 6.18 Å². The van der Waals surface area contributed by atoms with Crippen LogP contribution in [0.2, 0.25) is 0 Å². The number of allylic oxidation sites excluding steroid dienone is 1. The SMILES string of the molecule is Cc1cc2c(cc1C)C(=O)/C(=C/c1ccc(-c3cccc(C(F)(F)F)c3)o1)O2. The topological polar surface area (TPSA) is 39.4 Å². The molecule has 0 aliphatic carbocycles. The van der Waals surface area contributed by atoms with Crippen LogP contribution in [0.3, 0.4) is 0 Å². The first kappa shape index (κ1) is 18.1. The molecule has 0 bridgehead atoms. The Hall–Kier alpha value is -3.28. The number of ketones is 1. The number of ether oxygens (including phenoxy) is 1. The van der Waals surface area contributed by atoms with Gasteiger partial charge in [0.1, 0.15) is 17.3 Å². The molecule has 0 fully saturated rings. The molecule has 28 heavy (non-hydrogen) atoms. The van der Waals surface area contributed by atoms with Gasteiger partial charge in [-0.15, -0.1) is 0 Å². The monoisotopic (exact) mass is 384 g/mol. The second-order valence-corrected chi connectivity index (χ2v) is 6.65. The van der Waals surface area contributed by atoms with Crippen molar-refractivity contribution in [3.05, 3.63) is 82.3 Å². The minimum Gasteiger partial charge on any atom is -0.457 e. The van der Waals surface area contributed by atoms with Crippen molar-refractivity contribution in [2.75, 3.05) is 0 Å². The van der Waals surface area contributed by atoms with E-state index in [0.29, 0.717) is 22.6 Å². The highest BCUT2D eigenvalue weighted by atomic mass is 19.4. The molecule has 0 saturated carbocycles. The summed E-state index contributed by atoms with van der Waals surface area (Å²) in [4.78, 5) is 12.5. The summed E-state index contributed by atoms with van der Waals surface area (Å²) in [5.41, 5.74) is 2.03. The normalized spacial score (nSPS) is 15.0. The molecule has 0 spiro atoms. The number of aryl methyl sites for hydroxylation is 2. The third-order valence-corrected chi connectivity index (χ3v) is 4.66. The molecule has 2 heterocycles. The molecule has 0 unspecified atom stereocenters. The molecule has 0 N–H and O–H groups in total. The third kappa shape index (κ3) is 3.22. The number of carbonyl (C=O) groups excluding carboxylic acids is 1. The first-order chi connectivity index (χ1) is 13.2. The van der Waals surface area contributed by atoms with E-state index in [4.69, 9.17) is 9.15 Å². The van der Waals surface area contributed by atoms with Crippen molar-refractivity contribution in [3.8, 4) is 17.1 Å². The standard InChI is InChI=1S/C22H15F3O3/c1-12-8-17-19(9-13(12)2)28-20(21(17)26)11-16-6-7-18(27-16)14-4-3-5-15(10-14)22(23,24)25/h3-11H,1-2H3/b20-11-. The van der Waals surface area contributed by atoms with E-state index in [2.05, 4.69) is 0 Å². The average molecular weight is 384 g/mol. The lowest BCUT2D eigenvalue weighted by Gasteiger charge is -2.07. The van der Waals surface area contributed by atoms with Gasteiger partial charge in [0.15, 0.2) is 5.76 Å². The number of furan rings is 1. The average Bonchev–Trinajstić information content (AvgIpc) is 3.22. The molecule has 1 aliphatic heterocycles. The van der Waals surface area contributed by atoms with E-state index < -0.39 is 11.7 Å². The van der Waals surface area contributed by atoms with Crippen molar-refractivity contribution in [2.24, 2.45) is 0 Å². The van der Waals surface area contributed by atoms with Crippen molar-refractivity contribution in [1.82, 2.24) is 0 Å². The van der Waals surface area contributed by atoms with Crippen LogP contribution in [0.5, 0.6) is 5.75 Å². The molecule has 142 valence electrons. The van der Waals surface area contributed by atoms with Gasteiger partial charge in [-0.3, -0.25) is 4.79 Å². The molecule has 3 aromatic rings. The molecule has 1 aliphatic rings. The first-order valence-electron chi connectivity index (χ1n) is 8.55. The van der Waals surface area contributed by atoms with E-state index in [1.807, 2.05) is 13.8 Å². The van der Waals surface area contributed by atoms with Crippen molar-refractivity contribution >= 4 is 11.9 Å². The van der Waals surface area contributed by atoms with Gasteiger partial charge in [0.05, 0.1) is 11.1 Å². The Kier molecular flexibility index (Phi) is 4.14. The van der Waals surface area contributed by atoms with Crippen molar-refractivity contribution in [2.45, 2.75) is 20.0 Å². The number of alkyl halides is 3. The van der Waals surface area contributed by atoms with E-state index in [1.54, 1.807) is 24.3 Å². The largest absolute Gasteiger partial charge is 0.457 e. The highest BCUT2D eigenvalue weighted by molar-refractivity contribution is 6.14.